The molecule has 2 amide bonds. The number of aryl methyl sites for hydroxylation is 1. The molecule has 4 rings (SSSR count). The lowest BCUT2D eigenvalue weighted by Crippen LogP contribution is -2.45. The molecular weight excluding hydrogens is 388 g/mol. The van der Waals surface area contributed by atoms with Crippen LogP contribution in [-0.4, -0.2) is 43.5 Å². The van der Waals surface area contributed by atoms with Gasteiger partial charge in [0.15, 0.2) is 0 Å². The van der Waals surface area contributed by atoms with Gasteiger partial charge in [-0.15, -0.1) is 0 Å². The molecule has 2 heterocycles. The molecule has 0 aromatic heterocycles. The van der Waals surface area contributed by atoms with Crippen LogP contribution >= 0.6 is 0 Å². The minimum absolute atomic E-state index is 0.00960. The summed E-state index contributed by atoms with van der Waals surface area (Å²) in [6.45, 7) is 4.05. The van der Waals surface area contributed by atoms with E-state index in [0.717, 1.165) is 36.4 Å². The van der Waals surface area contributed by atoms with Gasteiger partial charge in [0.25, 0.3) is 0 Å². The van der Waals surface area contributed by atoms with Gasteiger partial charge in [0, 0.05) is 31.6 Å². The Morgan fingerprint density at radius 3 is 2.48 bits per heavy atom. The Labute approximate surface area is 184 Å². The van der Waals surface area contributed by atoms with Crippen LogP contribution in [0.4, 0.5) is 5.69 Å². The lowest BCUT2D eigenvalue weighted by atomic mass is 9.91. The Morgan fingerprint density at radius 1 is 1.03 bits per heavy atom. The minimum Gasteiger partial charge on any atom is -0.495 e. The highest BCUT2D eigenvalue weighted by Gasteiger charge is 2.34. The molecule has 5 heteroatoms. The molecule has 0 bridgehead atoms. The van der Waals surface area contributed by atoms with Crippen molar-refractivity contribution in [2.75, 3.05) is 31.6 Å². The van der Waals surface area contributed by atoms with E-state index < -0.39 is 0 Å². The molecule has 0 unspecified atom stereocenters. The van der Waals surface area contributed by atoms with Gasteiger partial charge in [-0.05, 0) is 61.4 Å². The van der Waals surface area contributed by atoms with Crippen LogP contribution in [0.15, 0.2) is 48.5 Å². The van der Waals surface area contributed by atoms with Crippen LogP contribution < -0.4 is 9.64 Å². The van der Waals surface area contributed by atoms with E-state index in [9.17, 15) is 9.59 Å². The summed E-state index contributed by atoms with van der Waals surface area (Å²) in [5.74, 6) is 0.887. The molecule has 162 valence electrons. The molecular formula is C26H30N2O3. The Morgan fingerprint density at radius 2 is 1.77 bits per heavy atom. The first-order valence-electron chi connectivity index (χ1n) is 11.1. The number of rotatable bonds is 4. The number of nitrogens with zero attached hydrogens (tertiary/aromatic N) is 2. The number of ether oxygens (including phenoxy) is 1. The van der Waals surface area contributed by atoms with Crippen LogP contribution in [0.1, 0.15) is 36.0 Å². The van der Waals surface area contributed by atoms with Crippen molar-refractivity contribution in [1.29, 1.82) is 0 Å². The number of likely N-dealkylation sites (tertiary alicyclic amines) is 1. The van der Waals surface area contributed by atoms with Crippen molar-refractivity contribution in [1.82, 2.24) is 4.90 Å². The number of piperidine rings is 1. The third kappa shape index (κ3) is 4.50. The molecule has 5 nitrogen and oxygen atoms in total. The Balaban J connectivity index is 1.41. The third-order valence-electron chi connectivity index (χ3n) is 6.42. The topological polar surface area (TPSA) is 49.9 Å². The summed E-state index contributed by atoms with van der Waals surface area (Å²) in [4.78, 5) is 29.8. The molecule has 31 heavy (non-hydrogen) atoms. The number of anilines is 1. The van der Waals surface area contributed by atoms with Crippen molar-refractivity contribution in [3.63, 3.8) is 0 Å². The van der Waals surface area contributed by atoms with E-state index in [1.165, 1.54) is 11.1 Å². The van der Waals surface area contributed by atoms with Gasteiger partial charge < -0.3 is 14.5 Å². The second-order valence-electron chi connectivity index (χ2n) is 8.35. The van der Waals surface area contributed by atoms with Crippen molar-refractivity contribution >= 4 is 23.6 Å². The maximum absolute atomic E-state index is 13.4. The molecule has 2 aliphatic rings. The summed E-state index contributed by atoms with van der Waals surface area (Å²) < 4.78 is 5.59. The van der Waals surface area contributed by atoms with Gasteiger partial charge in [-0.2, -0.15) is 0 Å². The van der Waals surface area contributed by atoms with Gasteiger partial charge in [-0.1, -0.05) is 36.4 Å². The molecule has 0 spiro atoms. The van der Waals surface area contributed by atoms with Gasteiger partial charge in [0.05, 0.1) is 12.8 Å². The van der Waals surface area contributed by atoms with Crippen LogP contribution in [0.3, 0.4) is 0 Å². The smallest absolute Gasteiger partial charge is 0.246 e. The molecule has 0 atom stereocenters. The molecule has 2 aromatic rings. The maximum Gasteiger partial charge on any atom is 0.246 e. The quantitative estimate of drug-likeness (QED) is 0.698. The monoisotopic (exact) mass is 418 g/mol. The fourth-order valence-electron chi connectivity index (χ4n) is 4.64. The number of carbonyl (C=O) groups excluding carboxylic acids is 2. The zero-order chi connectivity index (χ0) is 21.8. The molecule has 1 saturated heterocycles. The van der Waals surface area contributed by atoms with E-state index in [1.807, 2.05) is 52.3 Å². The van der Waals surface area contributed by atoms with Crippen molar-refractivity contribution in [2.24, 2.45) is 5.92 Å². The summed E-state index contributed by atoms with van der Waals surface area (Å²) in [6.07, 6.45) is 6.81. The highest BCUT2D eigenvalue weighted by atomic mass is 16.5. The minimum atomic E-state index is -0.0571. The van der Waals surface area contributed by atoms with Crippen LogP contribution in [0, 0.1) is 12.8 Å². The number of hydrogen-bond donors (Lipinski definition) is 0. The van der Waals surface area contributed by atoms with Crippen LogP contribution in [0.2, 0.25) is 0 Å². The molecule has 2 aliphatic heterocycles. The molecule has 1 fully saturated rings. The van der Waals surface area contributed by atoms with E-state index in [1.54, 1.807) is 13.2 Å². The third-order valence-corrected chi connectivity index (χ3v) is 6.42. The largest absolute Gasteiger partial charge is 0.495 e. The first-order valence-corrected chi connectivity index (χ1v) is 11.1. The highest BCUT2D eigenvalue weighted by Crippen LogP contribution is 2.39. The van der Waals surface area contributed by atoms with Crippen LogP contribution in [0.5, 0.6) is 5.75 Å². The lowest BCUT2D eigenvalue weighted by Gasteiger charge is -2.37. The molecule has 0 N–H and O–H groups in total. The second kappa shape index (κ2) is 9.38. The number of methoxy groups -OCH3 is 1. The molecule has 0 saturated carbocycles. The van der Waals surface area contributed by atoms with Crippen LogP contribution in [0.25, 0.3) is 6.08 Å². The first-order chi connectivity index (χ1) is 15.1. The van der Waals surface area contributed by atoms with E-state index in [4.69, 9.17) is 4.74 Å². The van der Waals surface area contributed by atoms with Gasteiger partial charge >= 0.3 is 0 Å². The average molecular weight is 419 g/mol. The van der Waals surface area contributed by atoms with Gasteiger partial charge in [-0.25, -0.2) is 0 Å². The Bertz CT molecular complexity index is 976. The fraction of sp³-hybridized carbons (Fsp3) is 0.385. The standard InChI is InChI=1S/C26H30N2O3/c1-19-10-12-23(31-2)25-22(19)9-6-16-28(25)26(30)21-14-17-27(18-15-21)24(29)13-11-20-7-4-3-5-8-20/h3-5,7-8,10-13,21H,6,9,14-18H2,1-2H3/b13-11+. The zero-order valence-corrected chi connectivity index (χ0v) is 18.3. The number of fused-ring (bicyclic) bond motifs is 1. The maximum atomic E-state index is 13.4. The van der Waals surface area contributed by atoms with Crippen LogP contribution in [-0.2, 0) is 16.0 Å². The highest BCUT2D eigenvalue weighted by molar-refractivity contribution is 5.98. The van der Waals surface area contributed by atoms with E-state index in [-0.39, 0.29) is 17.7 Å². The second-order valence-corrected chi connectivity index (χ2v) is 8.35. The summed E-state index contributed by atoms with van der Waals surface area (Å²) >= 11 is 0. The van der Waals surface area contributed by atoms with Crippen molar-refractivity contribution < 1.29 is 14.3 Å². The van der Waals surface area contributed by atoms with Gasteiger partial charge in [0.2, 0.25) is 11.8 Å². The first kappa shape index (κ1) is 21.2. The van der Waals surface area contributed by atoms with Crippen molar-refractivity contribution in [3.8, 4) is 5.75 Å². The normalized spacial score (nSPS) is 17.0. The van der Waals surface area contributed by atoms with E-state index >= 15 is 0 Å². The van der Waals surface area contributed by atoms with E-state index in [2.05, 4.69) is 13.0 Å². The summed E-state index contributed by atoms with van der Waals surface area (Å²) in [5, 5.41) is 0. The zero-order valence-electron chi connectivity index (χ0n) is 18.3. The molecule has 0 aliphatic carbocycles. The van der Waals surface area contributed by atoms with Gasteiger partial charge in [-0.3, -0.25) is 9.59 Å². The Hall–Kier alpha value is -3.08. The predicted octanol–water partition coefficient (Wildman–Crippen LogP) is 4.23. The predicted molar refractivity (Wildman–Crippen MR) is 123 cm³/mol. The number of hydrogen-bond acceptors (Lipinski definition) is 3. The lowest BCUT2D eigenvalue weighted by molar-refractivity contribution is -0.131. The van der Waals surface area contributed by atoms with E-state index in [0.29, 0.717) is 25.9 Å². The fourth-order valence-corrected chi connectivity index (χ4v) is 4.64. The number of carbonyl (C=O) groups is 2. The summed E-state index contributed by atoms with van der Waals surface area (Å²) in [7, 11) is 1.66. The average Bonchev–Trinajstić information content (AvgIpc) is 2.83. The SMILES string of the molecule is COc1ccc(C)c2c1N(C(=O)C1CCN(C(=O)/C=C/c3ccccc3)CC1)CCC2. The Kier molecular flexibility index (Phi) is 6.40. The van der Waals surface area contributed by atoms with Gasteiger partial charge in [0.1, 0.15) is 5.75 Å². The summed E-state index contributed by atoms with van der Waals surface area (Å²) in [6, 6.07) is 13.8. The number of benzene rings is 2. The number of amides is 2. The van der Waals surface area contributed by atoms with Crippen molar-refractivity contribution in [2.45, 2.75) is 32.6 Å². The summed E-state index contributed by atoms with van der Waals surface area (Å²) in [5.41, 5.74) is 4.38. The molecule has 0 radical (unpaired) electrons. The van der Waals surface area contributed by atoms with Crippen molar-refractivity contribution in [3.05, 3.63) is 65.2 Å². The molecule has 2 aromatic carbocycles.